The number of rotatable bonds is 6. The smallest absolute Gasteiger partial charge is 0.0730 e. The summed E-state index contributed by atoms with van der Waals surface area (Å²) in [4.78, 5) is 10.1. The van der Waals surface area contributed by atoms with Crippen molar-refractivity contribution in [2.24, 2.45) is 5.92 Å². The number of nitrogens with zero attached hydrogens (tertiary/aromatic N) is 3. The quantitative estimate of drug-likeness (QED) is 0.506. The van der Waals surface area contributed by atoms with Crippen LogP contribution in [0.5, 0.6) is 0 Å². The van der Waals surface area contributed by atoms with Gasteiger partial charge in [-0.1, -0.05) is 62.4 Å². The van der Waals surface area contributed by atoms with E-state index in [1.165, 1.54) is 36.0 Å². The van der Waals surface area contributed by atoms with Crippen molar-refractivity contribution in [3.63, 3.8) is 0 Å². The van der Waals surface area contributed by atoms with E-state index in [1.807, 2.05) is 0 Å². The van der Waals surface area contributed by atoms with Crippen molar-refractivity contribution in [3.8, 4) is 11.3 Å². The second-order valence-electron chi connectivity index (χ2n) is 7.83. The molecule has 2 aromatic carbocycles. The molecule has 0 saturated carbocycles. The SMILES string of the molecule is CCN(CC)CC1CCN(c2cc(-c3ccccc3)nc3ccccc23)CC1.Cl. The lowest BCUT2D eigenvalue weighted by molar-refractivity contribution is 0.229. The Balaban J connectivity index is 0.00000240. The molecule has 1 fully saturated rings. The summed E-state index contributed by atoms with van der Waals surface area (Å²) in [6, 6.07) is 21.4. The first-order valence-electron chi connectivity index (χ1n) is 10.7. The first-order valence-corrected chi connectivity index (χ1v) is 10.7. The van der Waals surface area contributed by atoms with E-state index in [0.717, 1.165) is 43.3 Å². The minimum absolute atomic E-state index is 0. The molecule has 0 bridgehead atoms. The summed E-state index contributed by atoms with van der Waals surface area (Å²) in [5.74, 6) is 0.817. The molecule has 1 aliphatic heterocycles. The highest BCUT2D eigenvalue weighted by Crippen LogP contribution is 2.33. The lowest BCUT2D eigenvalue weighted by Gasteiger charge is -2.36. The van der Waals surface area contributed by atoms with Crippen LogP contribution in [-0.4, -0.2) is 42.6 Å². The van der Waals surface area contributed by atoms with Gasteiger partial charge in [0.05, 0.1) is 11.2 Å². The summed E-state index contributed by atoms with van der Waals surface area (Å²) in [5.41, 5.74) is 4.68. The van der Waals surface area contributed by atoms with E-state index in [2.05, 4.69) is 84.3 Å². The molecule has 2 heterocycles. The van der Waals surface area contributed by atoms with E-state index in [0.29, 0.717) is 0 Å². The van der Waals surface area contributed by atoms with Crippen LogP contribution in [0, 0.1) is 5.92 Å². The van der Waals surface area contributed by atoms with Crippen LogP contribution in [0.15, 0.2) is 60.7 Å². The van der Waals surface area contributed by atoms with Crippen molar-refractivity contribution in [1.82, 2.24) is 9.88 Å². The average molecular weight is 410 g/mol. The first-order chi connectivity index (χ1) is 13.8. The molecule has 3 nitrogen and oxygen atoms in total. The van der Waals surface area contributed by atoms with E-state index in [9.17, 15) is 0 Å². The van der Waals surface area contributed by atoms with Gasteiger partial charge in [-0.2, -0.15) is 0 Å². The van der Waals surface area contributed by atoms with Crippen molar-refractivity contribution in [2.75, 3.05) is 37.6 Å². The minimum Gasteiger partial charge on any atom is -0.371 e. The first kappa shape index (κ1) is 21.6. The zero-order valence-electron chi connectivity index (χ0n) is 17.6. The number of anilines is 1. The predicted molar refractivity (Wildman–Crippen MR) is 127 cm³/mol. The fourth-order valence-corrected chi connectivity index (χ4v) is 4.38. The number of hydrogen-bond acceptors (Lipinski definition) is 3. The maximum absolute atomic E-state index is 4.94. The Kier molecular flexibility index (Phi) is 7.51. The molecule has 4 heteroatoms. The van der Waals surface area contributed by atoms with Crippen LogP contribution in [0.2, 0.25) is 0 Å². The zero-order valence-corrected chi connectivity index (χ0v) is 18.4. The van der Waals surface area contributed by atoms with Crippen molar-refractivity contribution >= 4 is 29.0 Å². The summed E-state index contributed by atoms with van der Waals surface area (Å²) in [5, 5.41) is 1.27. The van der Waals surface area contributed by atoms with Gasteiger partial charge in [-0.25, -0.2) is 4.98 Å². The lowest BCUT2D eigenvalue weighted by Crippen LogP contribution is -2.38. The highest BCUT2D eigenvalue weighted by molar-refractivity contribution is 5.94. The molecular weight excluding hydrogens is 378 g/mol. The monoisotopic (exact) mass is 409 g/mol. The highest BCUT2D eigenvalue weighted by Gasteiger charge is 2.22. The van der Waals surface area contributed by atoms with Crippen LogP contribution in [0.3, 0.4) is 0 Å². The number of hydrogen-bond donors (Lipinski definition) is 0. The molecule has 3 aromatic rings. The summed E-state index contributed by atoms with van der Waals surface area (Å²) in [6.45, 7) is 10.4. The van der Waals surface area contributed by atoms with Gasteiger partial charge in [-0.15, -0.1) is 12.4 Å². The fourth-order valence-electron chi connectivity index (χ4n) is 4.38. The Morgan fingerprint density at radius 1 is 0.931 bits per heavy atom. The Bertz CT molecular complexity index is 900. The van der Waals surface area contributed by atoms with Crippen molar-refractivity contribution in [3.05, 3.63) is 60.7 Å². The van der Waals surface area contributed by atoms with E-state index in [4.69, 9.17) is 4.98 Å². The van der Waals surface area contributed by atoms with Crippen LogP contribution in [0.4, 0.5) is 5.69 Å². The molecule has 1 aliphatic rings. The van der Waals surface area contributed by atoms with Crippen molar-refractivity contribution in [1.29, 1.82) is 0 Å². The van der Waals surface area contributed by atoms with Gasteiger partial charge in [0, 0.05) is 36.3 Å². The molecule has 29 heavy (non-hydrogen) atoms. The van der Waals surface area contributed by atoms with E-state index < -0.39 is 0 Å². The molecule has 0 atom stereocenters. The van der Waals surface area contributed by atoms with E-state index in [1.54, 1.807) is 0 Å². The molecule has 4 rings (SSSR count). The van der Waals surface area contributed by atoms with Crippen molar-refractivity contribution in [2.45, 2.75) is 26.7 Å². The summed E-state index contributed by atoms with van der Waals surface area (Å²) in [6.07, 6.45) is 2.54. The lowest BCUT2D eigenvalue weighted by atomic mass is 9.95. The largest absolute Gasteiger partial charge is 0.371 e. The van der Waals surface area contributed by atoms with Crippen LogP contribution in [0.25, 0.3) is 22.2 Å². The Hall–Kier alpha value is -2.10. The molecule has 1 aromatic heterocycles. The van der Waals surface area contributed by atoms with Gasteiger partial charge < -0.3 is 9.80 Å². The molecule has 1 saturated heterocycles. The van der Waals surface area contributed by atoms with Crippen LogP contribution < -0.4 is 4.90 Å². The normalized spacial score (nSPS) is 14.9. The maximum Gasteiger partial charge on any atom is 0.0730 e. The molecule has 0 aliphatic carbocycles. The van der Waals surface area contributed by atoms with Gasteiger partial charge in [0.15, 0.2) is 0 Å². The fraction of sp³-hybridized carbons (Fsp3) is 0.400. The molecule has 0 radical (unpaired) electrons. The summed E-state index contributed by atoms with van der Waals surface area (Å²) < 4.78 is 0. The molecular formula is C25H32ClN3. The van der Waals surface area contributed by atoms with Crippen LogP contribution in [0.1, 0.15) is 26.7 Å². The number of para-hydroxylation sites is 1. The number of piperidine rings is 1. The Morgan fingerprint density at radius 2 is 1.59 bits per heavy atom. The predicted octanol–water partition coefficient (Wildman–Crippen LogP) is 5.88. The minimum atomic E-state index is 0. The third-order valence-electron chi connectivity index (χ3n) is 6.13. The van der Waals surface area contributed by atoms with Gasteiger partial charge in [-0.05, 0) is 44.0 Å². The maximum atomic E-state index is 4.94. The topological polar surface area (TPSA) is 19.4 Å². The van der Waals surface area contributed by atoms with Crippen LogP contribution in [-0.2, 0) is 0 Å². The standard InChI is InChI=1S/C25H31N3.ClH/c1-3-27(4-2)19-20-14-16-28(17-15-20)25-18-24(21-10-6-5-7-11-21)26-23-13-9-8-12-22(23)25;/h5-13,18,20H,3-4,14-17,19H2,1-2H3;1H. The number of aromatic nitrogens is 1. The van der Waals surface area contributed by atoms with Crippen molar-refractivity contribution < 1.29 is 0 Å². The number of benzene rings is 2. The Morgan fingerprint density at radius 3 is 2.28 bits per heavy atom. The number of pyridine rings is 1. The average Bonchev–Trinajstić information content (AvgIpc) is 2.78. The molecule has 0 unspecified atom stereocenters. The molecule has 154 valence electrons. The second kappa shape index (κ2) is 10.1. The number of halogens is 1. The summed E-state index contributed by atoms with van der Waals surface area (Å²) >= 11 is 0. The van der Waals surface area contributed by atoms with Gasteiger partial charge in [-0.3, -0.25) is 0 Å². The van der Waals surface area contributed by atoms with E-state index in [-0.39, 0.29) is 12.4 Å². The molecule has 0 spiro atoms. The van der Waals surface area contributed by atoms with Gasteiger partial charge in [0.2, 0.25) is 0 Å². The third kappa shape index (κ3) is 4.91. The van der Waals surface area contributed by atoms with Gasteiger partial charge >= 0.3 is 0 Å². The third-order valence-corrected chi connectivity index (χ3v) is 6.13. The highest BCUT2D eigenvalue weighted by atomic mass is 35.5. The second-order valence-corrected chi connectivity index (χ2v) is 7.83. The van der Waals surface area contributed by atoms with Gasteiger partial charge in [0.25, 0.3) is 0 Å². The van der Waals surface area contributed by atoms with Crippen LogP contribution >= 0.6 is 12.4 Å². The number of fused-ring (bicyclic) bond motifs is 1. The zero-order chi connectivity index (χ0) is 19.3. The molecule has 0 N–H and O–H groups in total. The summed E-state index contributed by atoms with van der Waals surface area (Å²) in [7, 11) is 0. The van der Waals surface area contributed by atoms with Gasteiger partial charge in [0.1, 0.15) is 0 Å². The molecule has 0 amide bonds. The van der Waals surface area contributed by atoms with E-state index >= 15 is 0 Å². The Labute approximate surface area is 181 Å².